The number of carboxylic acid groups (broad SMARTS) is 1. The van der Waals surface area contributed by atoms with Crippen molar-refractivity contribution < 1.29 is 9.90 Å². The molecule has 0 aliphatic carbocycles. The van der Waals surface area contributed by atoms with E-state index in [-0.39, 0.29) is 5.69 Å². The number of carbonyl (C=O) groups is 1. The van der Waals surface area contributed by atoms with Gasteiger partial charge in [0.2, 0.25) is 0 Å². The highest BCUT2D eigenvalue weighted by Crippen LogP contribution is 2.22. The molecule has 0 bridgehead atoms. The van der Waals surface area contributed by atoms with Gasteiger partial charge in [0.05, 0.1) is 17.6 Å². The summed E-state index contributed by atoms with van der Waals surface area (Å²) in [6.45, 7) is 1.50. The third-order valence-electron chi connectivity index (χ3n) is 3.03. The molecule has 0 aliphatic rings. The third kappa shape index (κ3) is 4.37. The first-order valence-electron chi connectivity index (χ1n) is 6.69. The molecule has 0 unspecified atom stereocenters. The molecule has 0 amide bonds. The molecule has 0 fully saturated rings. The number of halogens is 2. The Morgan fingerprint density at radius 1 is 1.22 bits per heavy atom. The van der Waals surface area contributed by atoms with Crippen LogP contribution in [-0.4, -0.2) is 20.6 Å². The zero-order valence-electron chi connectivity index (χ0n) is 12.2. The van der Waals surface area contributed by atoms with Gasteiger partial charge in [-0.1, -0.05) is 41.4 Å². The number of H-pyrrole nitrogens is 1. The number of aromatic amines is 1. The quantitative estimate of drug-likeness (QED) is 0.736. The number of imidazole rings is 1. The van der Waals surface area contributed by atoms with Crippen molar-refractivity contribution >= 4 is 40.2 Å². The normalized spacial score (nSPS) is 10.2. The minimum absolute atomic E-state index is 0.146. The van der Waals surface area contributed by atoms with Crippen LogP contribution in [-0.2, 0) is 11.3 Å². The van der Waals surface area contributed by atoms with E-state index < -0.39 is 5.97 Å². The first kappa shape index (κ1) is 17.1. The number of benzene rings is 2. The van der Waals surface area contributed by atoms with Crippen LogP contribution < -0.4 is 5.69 Å². The van der Waals surface area contributed by atoms with E-state index in [0.717, 1.165) is 23.5 Å². The van der Waals surface area contributed by atoms with Crippen molar-refractivity contribution in [3.63, 3.8) is 0 Å². The molecule has 0 atom stereocenters. The highest BCUT2D eigenvalue weighted by molar-refractivity contribution is 6.35. The van der Waals surface area contributed by atoms with Crippen LogP contribution in [0.5, 0.6) is 0 Å². The summed E-state index contributed by atoms with van der Waals surface area (Å²) < 4.78 is 1.66. The highest BCUT2D eigenvalue weighted by Gasteiger charge is 2.08. The van der Waals surface area contributed by atoms with Crippen LogP contribution in [0.2, 0.25) is 10.0 Å². The molecular weight excluding hydrogens is 339 g/mol. The van der Waals surface area contributed by atoms with Gasteiger partial charge in [0.1, 0.15) is 0 Å². The monoisotopic (exact) mass is 352 g/mol. The Labute approximate surface area is 142 Å². The van der Waals surface area contributed by atoms with Crippen LogP contribution in [0.25, 0.3) is 11.0 Å². The van der Waals surface area contributed by atoms with Gasteiger partial charge >= 0.3 is 5.69 Å². The molecule has 120 valence electrons. The van der Waals surface area contributed by atoms with E-state index in [1.807, 2.05) is 30.3 Å². The fourth-order valence-electron chi connectivity index (χ4n) is 2.08. The second-order valence-corrected chi connectivity index (χ2v) is 5.63. The van der Waals surface area contributed by atoms with Crippen LogP contribution in [0.1, 0.15) is 12.5 Å². The van der Waals surface area contributed by atoms with Crippen molar-refractivity contribution in [2.24, 2.45) is 0 Å². The lowest BCUT2D eigenvalue weighted by Crippen LogP contribution is -2.17. The summed E-state index contributed by atoms with van der Waals surface area (Å²) in [7, 11) is 0. The summed E-state index contributed by atoms with van der Waals surface area (Å²) in [5.41, 5.74) is 2.39. The van der Waals surface area contributed by atoms with Gasteiger partial charge in [0.25, 0.3) is 5.97 Å². The lowest BCUT2D eigenvalue weighted by molar-refractivity contribution is -0.134. The molecular formula is C16H14Cl2N2O3. The molecule has 3 rings (SSSR count). The van der Waals surface area contributed by atoms with Gasteiger partial charge in [-0.3, -0.25) is 9.36 Å². The highest BCUT2D eigenvalue weighted by atomic mass is 35.5. The van der Waals surface area contributed by atoms with Crippen molar-refractivity contribution in [3.05, 3.63) is 68.6 Å². The number of hydrogen-bond acceptors (Lipinski definition) is 2. The fraction of sp³-hybridized carbons (Fsp3) is 0.125. The van der Waals surface area contributed by atoms with Crippen LogP contribution in [0.3, 0.4) is 0 Å². The van der Waals surface area contributed by atoms with Crippen molar-refractivity contribution in [1.29, 1.82) is 0 Å². The van der Waals surface area contributed by atoms with E-state index >= 15 is 0 Å². The van der Waals surface area contributed by atoms with E-state index in [1.54, 1.807) is 16.7 Å². The first-order chi connectivity index (χ1) is 10.9. The Hall–Kier alpha value is -2.24. The maximum Gasteiger partial charge on any atom is 0.326 e. The molecule has 2 N–H and O–H groups in total. The average molecular weight is 353 g/mol. The first-order valence-corrected chi connectivity index (χ1v) is 7.45. The summed E-state index contributed by atoms with van der Waals surface area (Å²) in [4.78, 5) is 23.8. The fourth-order valence-corrected chi connectivity index (χ4v) is 2.55. The minimum Gasteiger partial charge on any atom is -0.481 e. The lowest BCUT2D eigenvalue weighted by Gasteiger charge is -2.06. The molecule has 0 saturated heterocycles. The van der Waals surface area contributed by atoms with Crippen LogP contribution in [0.15, 0.2) is 47.3 Å². The standard InChI is InChI=1S/C14H10Cl2N2O.C2H4O2/c15-10-6-5-9(11(16)7-10)8-18-13-4-2-1-3-12(13)17-14(18)19;1-2(3)4/h1-7H,8H2,(H,17,19);1H3,(H,3,4). The van der Waals surface area contributed by atoms with Gasteiger partial charge in [-0.05, 0) is 29.8 Å². The van der Waals surface area contributed by atoms with E-state index in [2.05, 4.69) is 4.98 Å². The Bertz CT molecular complexity index is 896. The molecule has 5 nitrogen and oxygen atoms in total. The smallest absolute Gasteiger partial charge is 0.326 e. The molecule has 7 heteroatoms. The number of para-hydroxylation sites is 2. The van der Waals surface area contributed by atoms with Crippen LogP contribution in [0, 0.1) is 0 Å². The van der Waals surface area contributed by atoms with Gasteiger partial charge in [-0.15, -0.1) is 0 Å². The molecule has 1 aromatic heterocycles. The Kier molecular flexibility index (Phi) is 5.47. The number of hydrogen-bond donors (Lipinski definition) is 2. The minimum atomic E-state index is -0.833. The van der Waals surface area contributed by atoms with Crippen molar-refractivity contribution in [1.82, 2.24) is 9.55 Å². The average Bonchev–Trinajstić information content (AvgIpc) is 2.77. The van der Waals surface area contributed by atoms with Crippen molar-refractivity contribution in [2.45, 2.75) is 13.5 Å². The maximum atomic E-state index is 12.0. The SMILES string of the molecule is CC(=O)O.O=c1[nH]c2ccccc2n1Cc1ccc(Cl)cc1Cl. The van der Waals surface area contributed by atoms with Crippen LogP contribution >= 0.6 is 23.2 Å². The van der Waals surface area contributed by atoms with E-state index in [0.29, 0.717) is 16.6 Å². The third-order valence-corrected chi connectivity index (χ3v) is 3.61. The second kappa shape index (κ2) is 7.35. The van der Waals surface area contributed by atoms with Crippen molar-refractivity contribution in [3.8, 4) is 0 Å². The number of aromatic nitrogens is 2. The molecule has 0 radical (unpaired) electrons. The predicted octanol–water partition coefficient (Wildman–Crippen LogP) is 3.78. The van der Waals surface area contributed by atoms with E-state index in [4.69, 9.17) is 33.1 Å². The van der Waals surface area contributed by atoms with Gasteiger partial charge in [-0.2, -0.15) is 0 Å². The maximum absolute atomic E-state index is 12.0. The zero-order chi connectivity index (χ0) is 17.0. The van der Waals surface area contributed by atoms with Gasteiger partial charge in [0.15, 0.2) is 0 Å². The largest absolute Gasteiger partial charge is 0.481 e. The van der Waals surface area contributed by atoms with Gasteiger partial charge < -0.3 is 10.1 Å². The topological polar surface area (TPSA) is 75.1 Å². The molecule has 0 aliphatic heterocycles. The van der Waals surface area contributed by atoms with Gasteiger partial charge in [-0.25, -0.2) is 4.79 Å². The number of aliphatic carboxylic acids is 1. The zero-order valence-corrected chi connectivity index (χ0v) is 13.7. The van der Waals surface area contributed by atoms with Crippen LogP contribution in [0.4, 0.5) is 0 Å². The summed E-state index contributed by atoms with van der Waals surface area (Å²) in [6, 6.07) is 12.8. The summed E-state index contributed by atoms with van der Waals surface area (Å²) >= 11 is 12.0. The molecule has 1 heterocycles. The van der Waals surface area contributed by atoms with Gasteiger partial charge in [0, 0.05) is 17.0 Å². The second-order valence-electron chi connectivity index (χ2n) is 4.79. The summed E-state index contributed by atoms with van der Waals surface area (Å²) in [5, 5.41) is 8.56. The van der Waals surface area contributed by atoms with E-state index in [9.17, 15) is 4.79 Å². The number of rotatable bonds is 2. The Balaban J connectivity index is 0.000000433. The van der Waals surface area contributed by atoms with Crippen molar-refractivity contribution in [2.75, 3.05) is 0 Å². The number of nitrogens with one attached hydrogen (secondary N) is 1. The number of nitrogens with zero attached hydrogens (tertiary/aromatic N) is 1. The summed E-state index contributed by atoms with van der Waals surface area (Å²) in [5.74, 6) is -0.833. The van der Waals surface area contributed by atoms with E-state index in [1.165, 1.54) is 0 Å². The summed E-state index contributed by atoms with van der Waals surface area (Å²) in [6.07, 6.45) is 0. The Morgan fingerprint density at radius 3 is 2.52 bits per heavy atom. The molecule has 2 aromatic carbocycles. The number of carboxylic acids is 1. The lowest BCUT2D eigenvalue weighted by atomic mass is 10.2. The number of fused-ring (bicyclic) bond motifs is 1. The molecule has 23 heavy (non-hydrogen) atoms. The molecule has 0 saturated carbocycles. The predicted molar refractivity (Wildman–Crippen MR) is 91.4 cm³/mol. The molecule has 3 aromatic rings. The molecule has 0 spiro atoms. The Morgan fingerprint density at radius 2 is 1.87 bits per heavy atom.